The molecule has 2 atom stereocenters. The van der Waals surface area contributed by atoms with E-state index in [2.05, 4.69) is 21.0 Å². The molecule has 1 aromatic rings. The number of esters is 1. The number of rotatable bonds is 5. The molecule has 21 heavy (non-hydrogen) atoms. The van der Waals surface area contributed by atoms with Crippen molar-refractivity contribution in [2.75, 3.05) is 6.61 Å². The van der Waals surface area contributed by atoms with Crippen LogP contribution in [0.15, 0.2) is 22.7 Å². The van der Waals surface area contributed by atoms with Gasteiger partial charge in [-0.3, -0.25) is 0 Å². The maximum atomic E-state index is 11.9. The minimum atomic E-state index is -0.986. The van der Waals surface area contributed by atoms with Crippen molar-refractivity contribution in [3.05, 3.63) is 28.2 Å². The summed E-state index contributed by atoms with van der Waals surface area (Å²) in [7, 11) is 0. The van der Waals surface area contributed by atoms with Gasteiger partial charge in [-0.15, -0.1) is 0 Å². The van der Waals surface area contributed by atoms with Gasteiger partial charge >= 0.3 is 5.97 Å². The Bertz CT molecular complexity index is 504. The lowest BCUT2D eigenvalue weighted by Gasteiger charge is -2.18. The number of carbonyl (C=O) groups excluding carboxylic acids is 1. The van der Waals surface area contributed by atoms with Crippen LogP contribution in [0.25, 0.3) is 0 Å². The molecule has 1 aliphatic heterocycles. The van der Waals surface area contributed by atoms with Crippen molar-refractivity contribution in [1.82, 2.24) is 0 Å². The average molecular weight is 361 g/mol. The molecule has 0 aliphatic carbocycles. The van der Waals surface area contributed by atoms with Crippen LogP contribution in [0, 0.1) is 0 Å². The summed E-state index contributed by atoms with van der Waals surface area (Å²) in [5.41, 5.74) is 0.655. The Labute approximate surface area is 131 Å². The van der Waals surface area contributed by atoms with Crippen molar-refractivity contribution in [1.29, 1.82) is 0 Å². The Morgan fingerprint density at radius 1 is 1.38 bits per heavy atom. The molecule has 2 unspecified atom stereocenters. The molecule has 0 aromatic heterocycles. The third-order valence-electron chi connectivity index (χ3n) is 2.72. The van der Waals surface area contributed by atoms with Crippen LogP contribution in [-0.4, -0.2) is 24.8 Å². The molecule has 1 aromatic carbocycles. The maximum Gasteiger partial charge on any atom is 0.342 e. The first-order valence-electron chi connectivity index (χ1n) is 6.64. The second kappa shape index (κ2) is 7.22. The van der Waals surface area contributed by atoms with Gasteiger partial charge in [-0.05, 0) is 32.9 Å². The maximum absolute atomic E-state index is 11.9. The third kappa shape index (κ3) is 3.94. The first-order chi connectivity index (χ1) is 10.0. The highest BCUT2D eigenvalue weighted by Gasteiger charge is 2.42. The van der Waals surface area contributed by atoms with E-state index in [0.29, 0.717) is 11.3 Å². The largest absolute Gasteiger partial charge is 0.491 e. The number of hydrogen-bond acceptors (Lipinski definition) is 6. The van der Waals surface area contributed by atoms with Crippen molar-refractivity contribution in [3.8, 4) is 5.75 Å². The van der Waals surface area contributed by atoms with Crippen molar-refractivity contribution in [3.63, 3.8) is 0 Å². The molecule has 0 radical (unpaired) electrons. The topological polar surface area (TPSA) is 63.2 Å². The molecule has 0 saturated carbocycles. The Kier molecular flexibility index (Phi) is 5.58. The van der Waals surface area contributed by atoms with E-state index in [4.69, 9.17) is 19.2 Å². The van der Waals surface area contributed by atoms with E-state index in [-0.39, 0.29) is 12.7 Å². The van der Waals surface area contributed by atoms with Gasteiger partial charge in [0.05, 0.1) is 12.7 Å². The molecule has 0 N–H and O–H groups in total. The first kappa shape index (κ1) is 16.2. The summed E-state index contributed by atoms with van der Waals surface area (Å²) in [4.78, 5) is 21.8. The van der Waals surface area contributed by atoms with Gasteiger partial charge in [0.2, 0.25) is 6.10 Å². The number of benzene rings is 1. The Morgan fingerprint density at radius 3 is 2.81 bits per heavy atom. The standard InChI is InChI=1S/C14H17BrO6/c1-4-17-14(16)13-12(19-21-20-13)10-6-5-9(15)7-11(10)18-8(2)3/h5-8,12-13H,4H2,1-3H3. The monoisotopic (exact) mass is 360 g/mol. The molecule has 1 fully saturated rings. The van der Waals surface area contributed by atoms with Gasteiger partial charge in [0.1, 0.15) is 5.75 Å². The summed E-state index contributed by atoms with van der Waals surface area (Å²) < 4.78 is 11.6. The molecule has 6 nitrogen and oxygen atoms in total. The minimum absolute atomic E-state index is 0.0256. The highest BCUT2D eigenvalue weighted by atomic mass is 79.9. The van der Waals surface area contributed by atoms with Gasteiger partial charge in [-0.1, -0.05) is 27.0 Å². The van der Waals surface area contributed by atoms with Gasteiger partial charge in [-0.25, -0.2) is 4.79 Å². The lowest BCUT2D eigenvalue weighted by atomic mass is 10.0. The Balaban J connectivity index is 2.29. The van der Waals surface area contributed by atoms with Crippen LogP contribution in [0.3, 0.4) is 0 Å². The van der Waals surface area contributed by atoms with E-state index in [9.17, 15) is 4.79 Å². The summed E-state index contributed by atoms with van der Waals surface area (Å²) in [6.45, 7) is 5.80. The summed E-state index contributed by atoms with van der Waals surface area (Å²) in [5, 5.41) is 4.51. The highest BCUT2D eigenvalue weighted by molar-refractivity contribution is 9.10. The van der Waals surface area contributed by atoms with Gasteiger partial charge in [0, 0.05) is 10.0 Å². The number of hydrogen-bond donors (Lipinski definition) is 0. The number of ether oxygens (including phenoxy) is 2. The zero-order valence-corrected chi connectivity index (χ0v) is 13.6. The summed E-state index contributed by atoms with van der Waals surface area (Å²) in [6.07, 6.45) is -1.76. The van der Waals surface area contributed by atoms with Gasteiger partial charge in [-0.2, -0.15) is 9.78 Å². The molecule has 0 amide bonds. The molecule has 0 spiro atoms. The van der Waals surface area contributed by atoms with Crippen LogP contribution < -0.4 is 4.74 Å². The smallest absolute Gasteiger partial charge is 0.342 e. The fraction of sp³-hybridized carbons (Fsp3) is 0.500. The molecule has 1 heterocycles. The van der Waals surface area contributed by atoms with Crippen LogP contribution in [-0.2, 0) is 24.3 Å². The first-order valence-corrected chi connectivity index (χ1v) is 7.43. The van der Waals surface area contributed by atoms with Crippen molar-refractivity contribution >= 4 is 21.9 Å². The van der Waals surface area contributed by atoms with Crippen LogP contribution in [0.5, 0.6) is 5.75 Å². The van der Waals surface area contributed by atoms with E-state index in [1.54, 1.807) is 19.1 Å². The molecule has 0 bridgehead atoms. The molecular weight excluding hydrogens is 344 g/mol. The lowest BCUT2D eigenvalue weighted by Crippen LogP contribution is -2.28. The predicted molar refractivity (Wildman–Crippen MR) is 76.3 cm³/mol. The van der Waals surface area contributed by atoms with Crippen LogP contribution >= 0.6 is 15.9 Å². The summed E-state index contributed by atoms with van der Waals surface area (Å²) >= 11 is 3.39. The lowest BCUT2D eigenvalue weighted by molar-refractivity contribution is -0.465. The normalized spacial score (nSPS) is 21.6. The van der Waals surface area contributed by atoms with Gasteiger partial charge < -0.3 is 9.47 Å². The van der Waals surface area contributed by atoms with Crippen LogP contribution in [0.1, 0.15) is 32.4 Å². The predicted octanol–water partition coefficient (Wildman–Crippen LogP) is 3.10. The third-order valence-corrected chi connectivity index (χ3v) is 3.22. The molecule has 2 rings (SSSR count). The van der Waals surface area contributed by atoms with Crippen LogP contribution in [0.2, 0.25) is 0 Å². The Morgan fingerprint density at radius 2 is 2.14 bits per heavy atom. The SMILES string of the molecule is CCOC(=O)C1OOOC1c1ccc(Br)cc1OC(C)C. The zero-order valence-electron chi connectivity index (χ0n) is 12.0. The quantitative estimate of drug-likeness (QED) is 0.593. The molecule has 7 heteroatoms. The summed E-state index contributed by atoms with van der Waals surface area (Å²) in [5.74, 6) is 0.0474. The second-order valence-electron chi connectivity index (χ2n) is 4.70. The zero-order chi connectivity index (χ0) is 15.4. The number of halogens is 1. The fourth-order valence-corrected chi connectivity index (χ4v) is 2.25. The van der Waals surface area contributed by atoms with Crippen molar-refractivity contribution < 1.29 is 29.1 Å². The van der Waals surface area contributed by atoms with Gasteiger partial charge in [0.25, 0.3) is 0 Å². The Hall–Kier alpha value is -1.15. The second-order valence-corrected chi connectivity index (χ2v) is 5.62. The summed E-state index contributed by atoms with van der Waals surface area (Å²) in [6, 6.07) is 5.42. The van der Waals surface area contributed by atoms with E-state index in [0.717, 1.165) is 4.47 Å². The average Bonchev–Trinajstić information content (AvgIpc) is 2.87. The van der Waals surface area contributed by atoms with Crippen molar-refractivity contribution in [2.24, 2.45) is 0 Å². The van der Waals surface area contributed by atoms with E-state index >= 15 is 0 Å². The van der Waals surface area contributed by atoms with E-state index in [1.165, 1.54) is 0 Å². The molecule has 1 aliphatic rings. The van der Waals surface area contributed by atoms with Crippen molar-refractivity contribution in [2.45, 2.75) is 39.1 Å². The molecule has 1 saturated heterocycles. The van der Waals surface area contributed by atoms with E-state index in [1.807, 2.05) is 19.9 Å². The highest BCUT2D eigenvalue weighted by Crippen LogP contribution is 2.37. The fourth-order valence-electron chi connectivity index (χ4n) is 1.91. The molecular formula is C14H17BrO6. The van der Waals surface area contributed by atoms with Gasteiger partial charge in [0.15, 0.2) is 6.10 Å². The van der Waals surface area contributed by atoms with Crippen LogP contribution in [0.4, 0.5) is 0 Å². The number of carbonyl (C=O) groups is 1. The van der Waals surface area contributed by atoms with E-state index < -0.39 is 18.2 Å². The minimum Gasteiger partial charge on any atom is -0.491 e. The molecule has 116 valence electrons.